The van der Waals surface area contributed by atoms with Crippen LogP contribution in [0.1, 0.15) is 22.8 Å². The Kier molecular flexibility index (Phi) is 13.1. The molecule has 5 aromatic heterocycles. The van der Waals surface area contributed by atoms with Gasteiger partial charge in [0.05, 0.1) is 47.6 Å². The smallest absolute Gasteiger partial charge is 0.164 e. The summed E-state index contributed by atoms with van der Waals surface area (Å²) >= 11 is 0. The number of pyridine rings is 2. The molecule has 16 nitrogen and oxygen atoms in total. The van der Waals surface area contributed by atoms with Gasteiger partial charge in [0, 0.05) is 69.4 Å². The maximum atomic E-state index is 4.87. The number of hydrogen-bond acceptors (Lipinski definition) is 16. The summed E-state index contributed by atoms with van der Waals surface area (Å²) in [6.45, 7) is 0. The molecule has 0 amide bonds. The molecule has 8 aromatic rings. The van der Waals surface area contributed by atoms with Gasteiger partial charge in [-0.3, -0.25) is 30.0 Å². The maximum Gasteiger partial charge on any atom is 0.164 e. The second-order valence-corrected chi connectivity index (χ2v) is 14.0. The molecule has 64 heavy (non-hydrogen) atoms. The molecule has 5 heterocycles. The van der Waals surface area contributed by atoms with Crippen molar-refractivity contribution >= 4 is 48.1 Å². The second kappa shape index (κ2) is 20.1. The van der Waals surface area contributed by atoms with Crippen LogP contribution < -0.4 is 20.0 Å². The summed E-state index contributed by atoms with van der Waals surface area (Å²) in [7, 11) is 7.26. The molecule has 0 bridgehead atoms. The van der Waals surface area contributed by atoms with E-state index in [0.717, 1.165) is 28.1 Å². The molecule has 0 saturated heterocycles. The Morgan fingerprint density at radius 1 is 0.328 bits per heavy atom. The molecular weight excluding hydrogens is 801 g/mol. The monoisotopic (exact) mass is 842 g/mol. The topological polar surface area (TPSA) is 166 Å². The third-order valence-electron chi connectivity index (χ3n) is 9.41. The lowest BCUT2D eigenvalue weighted by Gasteiger charge is -2.18. The van der Waals surface area contributed by atoms with E-state index in [2.05, 4.69) is 20.2 Å². The van der Waals surface area contributed by atoms with Crippen LogP contribution in [-0.2, 0) is 0 Å². The zero-order chi connectivity index (χ0) is 44.1. The fourth-order valence-electron chi connectivity index (χ4n) is 6.00. The summed E-state index contributed by atoms with van der Waals surface area (Å²) in [5.41, 5.74) is 5.05. The second-order valence-electron chi connectivity index (χ2n) is 14.0. The van der Waals surface area contributed by atoms with Gasteiger partial charge in [-0.2, -0.15) is 20.4 Å². The summed E-state index contributed by atoms with van der Waals surface area (Å²) in [6.07, 6.45) is 10.1. The zero-order valence-electron chi connectivity index (χ0n) is 35.5. The number of benzene rings is 3. The Morgan fingerprint density at radius 2 is 0.625 bits per heavy atom. The van der Waals surface area contributed by atoms with Crippen LogP contribution in [0.15, 0.2) is 178 Å². The molecular formula is C48H42N16. The molecule has 16 heteroatoms. The van der Waals surface area contributed by atoms with Crippen LogP contribution in [0.3, 0.4) is 0 Å². The lowest BCUT2D eigenvalue weighted by Crippen LogP contribution is -2.17. The molecule has 0 fully saturated rings. The van der Waals surface area contributed by atoms with E-state index in [-0.39, 0.29) is 0 Å². The summed E-state index contributed by atoms with van der Waals surface area (Å²) in [6, 6.07) is 46.0. The van der Waals surface area contributed by atoms with Gasteiger partial charge in [0.25, 0.3) is 0 Å². The van der Waals surface area contributed by atoms with E-state index in [1.54, 1.807) is 57.3 Å². The van der Waals surface area contributed by atoms with E-state index >= 15 is 0 Å². The highest BCUT2D eigenvalue weighted by Crippen LogP contribution is 2.26. The summed E-state index contributed by atoms with van der Waals surface area (Å²) in [4.78, 5) is 37.8. The number of aromatic nitrogens is 8. The minimum atomic E-state index is 0.502. The van der Waals surface area contributed by atoms with E-state index in [4.69, 9.17) is 40.1 Å². The van der Waals surface area contributed by atoms with Crippen LogP contribution in [0.5, 0.6) is 0 Å². The number of nitrogens with zero attached hydrogens (tertiary/aromatic N) is 16. The minimum Gasteiger partial charge on any atom is -0.255 e. The predicted octanol–water partition coefficient (Wildman–Crippen LogP) is 7.73. The van der Waals surface area contributed by atoms with Crippen molar-refractivity contribution in [1.82, 2.24) is 39.9 Å². The Bertz CT molecular complexity index is 2720. The SMILES string of the molecule is CN(/N=C/c1ccccn1)c1cc(N(C)/N=C/c2cc(/C=N/N(C)c3cc(N(C)/N=C/c4ccccn4)nc(-c4ccccc4)n3)nc(-c3ccccc3)n2)nc(-c2ccccc2)n1. The number of hydrazone groups is 4. The first-order valence-corrected chi connectivity index (χ1v) is 20.1. The highest BCUT2D eigenvalue weighted by molar-refractivity contribution is 5.85. The average Bonchev–Trinajstić information content (AvgIpc) is 3.36. The predicted molar refractivity (Wildman–Crippen MR) is 255 cm³/mol. The number of hydrogen-bond donors (Lipinski definition) is 0. The summed E-state index contributed by atoms with van der Waals surface area (Å²) in [5.74, 6) is 3.72. The molecule has 0 unspecified atom stereocenters. The van der Waals surface area contributed by atoms with Crippen molar-refractivity contribution in [1.29, 1.82) is 0 Å². The van der Waals surface area contributed by atoms with Gasteiger partial charge in [0.1, 0.15) is 0 Å². The fourth-order valence-corrected chi connectivity index (χ4v) is 6.00. The molecule has 0 aliphatic heterocycles. The lowest BCUT2D eigenvalue weighted by atomic mass is 10.2. The van der Waals surface area contributed by atoms with Crippen LogP contribution in [0, 0.1) is 0 Å². The normalized spacial score (nSPS) is 11.5. The van der Waals surface area contributed by atoms with Crippen molar-refractivity contribution in [2.45, 2.75) is 0 Å². The van der Waals surface area contributed by atoms with Crippen LogP contribution >= 0.6 is 0 Å². The summed E-state index contributed by atoms with van der Waals surface area (Å²) < 4.78 is 0. The first-order valence-electron chi connectivity index (χ1n) is 20.1. The van der Waals surface area contributed by atoms with E-state index in [0.29, 0.717) is 52.1 Å². The third-order valence-corrected chi connectivity index (χ3v) is 9.41. The van der Waals surface area contributed by atoms with Crippen LogP contribution in [-0.4, -0.2) is 92.9 Å². The van der Waals surface area contributed by atoms with Crippen LogP contribution in [0.2, 0.25) is 0 Å². The molecule has 8 rings (SSSR count). The Hall–Kier alpha value is -8.92. The highest BCUT2D eigenvalue weighted by atomic mass is 15.5. The molecule has 0 aliphatic rings. The highest BCUT2D eigenvalue weighted by Gasteiger charge is 2.15. The standard InChI is InChI=1S/C48H42N16/c1-61(51-31-38-24-14-16-26-49-38)42-29-44(59-47(57-42)36-20-10-6-11-21-36)63(3)53-33-40-28-41(56-46(55-40)35-18-8-5-9-19-35)34-54-64(4)45-30-43(58-48(60-45)37-22-12-7-13-23-37)62(2)52-32-39-25-15-17-27-50-39/h5-34H,1-4H3/b51-31+,52-32+,53-33+,54-34+. The molecule has 0 aliphatic carbocycles. The van der Waals surface area contributed by atoms with E-state index in [1.165, 1.54) is 0 Å². The van der Waals surface area contributed by atoms with Gasteiger partial charge in [-0.1, -0.05) is 103 Å². The van der Waals surface area contributed by atoms with E-state index in [9.17, 15) is 0 Å². The van der Waals surface area contributed by atoms with Gasteiger partial charge in [-0.15, -0.1) is 0 Å². The lowest BCUT2D eigenvalue weighted by molar-refractivity contribution is 0.934. The van der Waals surface area contributed by atoms with Crippen molar-refractivity contribution < 1.29 is 0 Å². The largest absolute Gasteiger partial charge is 0.255 e. The Morgan fingerprint density at radius 3 is 0.938 bits per heavy atom. The van der Waals surface area contributed by atoms with Crippen molar-refractivity contribution in [3.63, 3.8) is 0 Å². The average molecular weight is 843 g/mol. The number of anilines is 4. The maximum absolute atomic E-state index is 4.87. The van der Waals surface area contributed by atoms with Crippen LogP contribution in [0.25, 0.3) is 34.2 Å². The van der Waals surface area contributed by atoms with Gasteiger partial charge in [0.2, 0.25) is 0 Å². The van der Waals surface area contributed by atoms with Gasteiger partial charge in [0.15, 0.2) is 40.7 Å². The molecule has 0 saturated carbocycles. The van der Waals surface area contributed by atoms with Gasteiger partial charge >= 0.3 is 0 Å². The molecule has 314 valence electrons. The van der Waals surface area contributed by atoms with Gasteiger partial charge in [-0.25, -0.2) is 29.9 Å². The molecule has 3 aromatic carbocycles. The van der Waals surface area contributed by atoms with Crippen molar-refractivity contribution in [3.05, 3.63) is 181 Å². The van der Waals surface area contributed by atoms with E-state index in [1.807, 2.05) is 174 Å². The minimum absolute atomic E-state index is 0.502. The fraction of sp³-hybridized carbons (Fsp3) is 0.0833. The number of rotatable bonds is 15. The Balaban J connectivity index is 1.09. The molecule has 0 spiro atoms. The van der Waals surface area contributed by atoms with Crippen molar-refractivity contribution in [2.24, 2.45) is 20.4 Å². The summed E-state index contributed by atoms with van der Waals surface area (Å²) in [5, 5.41) is 25.4. The quantitative estimate of drug-likeness (QED) is 0.0730. The Labute approximate surface area is 370 Å². The third kappa shape index (κ3) is 10.9. The van der Waals surface area contributed by atoms with Crippen molar-refractivity contribution in [2.75, 3.05) is 48.2 Å². The first kappa shape index (κ1) is 41.8. The van der Waals surface area contributed by atoms with Gasteiger partial charge < -0.3 is 0 Å². The molecule has 0 radical (unpaired) electrons. The van der Waals surface area contributed by atoms with Crippen molar-refractivity contribution in [3.8, 4) is 34.2 Å². The molecule has 0 N–H and O–H groups in total. The zero-order valence-corrected chi connectivity index (χ0v) is 35.5. The van der Waals surface area contributed by atoms with Crippen LogP contribution in [0.4, 0.5) is 23.3 Å². The first-order chi connectivity index (χ1) is 31.3. The molecule has 0 atom stereocenters. The van der Waals surface area contributed by atoms with Gasteiger partial charge in [-0.05, 0) is 30.3 Å². The van der Waals surface area contributed by atoms with E-state index < -0.39 is 0 Å².